The number of urea groups is 1. The minimum Gasteiger partial charge on any atom is -0.443 e. The number of allylic oxidation sites excluding steroid dienone is 1. The van der Waals surface area contributed by atoms with Gasteiger partial charge >= 0.3 is 12.1 Å². The number of aliphatic hydroxyl groups excluding tert-OH is 2. The highest BCUT2D eigenvalue weighted by atomic mass is 16.6. The predicted molar refractivity (Wildman–Crippen MR) is 110 cm³/mol. The number of nitrogens with zero attached hydrogens (tertiary/aromatic N) is 3. The van der Waals surface area contributed by atoms with Gasteiger partial charge in [-0.2, -0.15) is 0 Å². The van der Waals surface area contributed by atoms with Crippen LogP contribution in [0.1, 0.15) is 39.8 Å². The van der Waals surface area contributed by atoms with Gasteiger partial charge < -0.3 is 25.0 Å². The number of carbonyl (C=O) groups is 2. The molecule has 4 atom stereocenters. The van der Waals surface area contributed by atoms with E-state index in [0.29, 0.717) is 24.4 Å². The van der Waals surface area contributed by atoms with Gasteiger partial charge in [-0.25, -0.2) is 19.1 Å². The fourth-order valence-electron chi connectivity index (χ4n) is 3.49. The Kier molecular flexibility index (Phi) is 6.99. The molecule has 2 aliphatic rings. The molecule has 0 bridgehead atoms. The third-order valence-corrected chi connectivity index (χ3v) is 4.94. The van der Waals surface area contributed by atoms with Gasteiger partial charge in [0.15, 0.2) is 0 Å². The van der Waals surface area contributed by atoms with E-state index in [1.807, 2.05) is 6.08 Å². The van der Waals surface area contributed by atoms with Crippen LogP contribution in [0.2, 0.25) is 0 Å². The number of aliphatic hydroxyl groups is 2. The lowest BCUT2D eigenvalue weighted by Gasteiger charge is -2.35. The zero-order chi connectivity index (χ0) is 22.8. The van der Waals surface area contributed by atoms with E-state index in [-0.39, 0.29) is 25.2 Å². The Balaban J connectivity index is 1.51. The van der Waals surface area contributed by atoms with Crippen molar-refractivity contribution in [1.82, 2.24) is 25.1 Å². The van der Waals surface area contributed by atoms with Gasteiger partial charge in [0.25, 0.3) is 0 Å². The lowest BCUT2D eigenvalue weighted by molar-refractivity contribution is -0.0573. The summed E-state index contributed by atoms with van der Waals surface area (Å²) in [6.07, 6.45) is 2.69. The number of hydrogen-bond acceptors (Lipinski definition) is 8. The van der Waals surface area contributed by atoms with Crippen molar-refractivity contribution >= 4 is 12.1 Å². The quantitative estimate of drug-likeness (QED) is 0.505. The molecular formula is C20H31N5O6. The second kappa shape index (κ2) is 9.35. The molecule has 0 saturated carbocycles. The van der Waals surface area contributed by atoms with Crippen LogP contribution in [0.5, 0.6) is 0 Å². The summed E-state index contributed by atoms with van der Waals surface area (Å²) < 4.78 is 12.2. The van der Waals surface area contributed by atoms with Crippen molar-refractivity contribution < 1.29 is 29.3 Å². The van der Waals surface area contributed by atoms with Crippen molar-refractivity contribution in [2.75, 3.05) is 13.2 Å². The summed E-state index contributed by atoms with van der Waals surface area (Å²) in [4.78, 5) is 30.3. The van der Waals surface area contributed by atoms with Crippen molar-refractivity contribution in [3.63, 3.8) is 0 Å². The van der Waals surface area contributed by atoms with E-state index in [0.717, 1.165) is 0 Å². The number of aromatic nitrogens is 2. The molecule has 11 nitrogen and oxygen atoms in total. The fraction of sp³-hybridized carbons (Fsp3) is 0.650. The third kappa shape index (κ3) is 5.82. The van der Waals surface area contributed by atoms with Crippen LogP contribution in [0, 0.1) is 0 Å². The number of rotatable bonds is 6. The molecule has 11 heteroatoms. The smallest absolute Gasteiger partial charge is 0.419 e. The summed E-state index contributed by atoms with van der Waals surface area (Å²) in [5.74, 6) is 0. The van der Waals surface area contributed by atoms with E-state index >= 15 is 0 Å². The van der Waals surface area contributed by atoms with E-state index in [2.05, 4.69) is 15.6 Å². The molecule has 0 radical (unpaired) electrons. The first-order valence-corrected chi connectivity index (χ1v) is 10.3. The van der Waals surface area contributed by atoms with Crippen LogP contribution in [0.25, 0.3) is 0 Å². The molecule has 1 aromatic heterocycles. The summed E-state index contributed by atoms with van der Waals surface area (Å²) in [6.45, 7) is 7.40. The molecule has 31 heavy (non-hydrogen) atoms. The monoisotopic (exact) mass is 437 g/mol. The Morgan fingerprint density at radius 1 is 1.45 bits per heavy atom. The number of imidazole rings is 1. The molecule has 0 aliphatic carbocycles. The molecule has 0 aromatic carbocycles. The zero-order valence-corrected chi connectivity index (χ0v) is 18.2. The normalized spacial score (nSPS) is 26.6. The van der Waals surface area contributed by atoms with Crippen LogP contribution >= 0.6 is 0 Å². The lowest BCUT2D eigenvalue weighted by atomic mass is 10.1. The first kappa shape index (κ1) is 23.2. The van der Waals surface area contributed by atoms with E-state index < -0.39 is 30.1 Å². The molecule has 3 rings (SSSR count). The Morgan fingerprint density at radius 2 is 2.19 bits per heavy atom. The van der Waals surface area contributed by atoms with E-state index in [1.54, 1.807) is 33.9 Å². The van der Waals surface area contributed by atoms with Crippen LogP contribution < -0.4 is 10.6 Å². The van der Waals surface area contributed by atoms with Crippen LogP contribution in [-0.4, -0.2) is 80.1 Å². The minimum atomic E-state index is -0.813. The average Bonchev–Trinajstić information content (AvgIpc) is 3.26. The van der Waals surface area contributed by atoms with E-state index in [1.165, 1.54) is 15.8 Å². The van der Waals surface area contributed by atoms with Crippen LogP contribution in [0.15, 0.2) is 24.3 Å². The minimum absolute atomic E-state index is 0.238. The second-order valence-electron chi connectivity index (χ2n) is 8.68. The number of hydrogen-bond donors (Lipinski definition) is 4. The maximum atomic E-state index is 12.6. The van der Waals surface area contributed by atoms with Gasteiger partial charge in [0, 0.05) is 31.3 Å². The van der Waals surface area contributed by atoms with Gasteiger partial charge in [0.2, 0.25) is 0 Å². The van der Waals surface area contributed by atoms with E-state index in [9.17, 15) is 19.8 Å². The van der Waals surface area contributed by atoms with Crippen LogP contribution in [0.3, 0.4) is 0 Å². The Bertz CT molecular complexity index is 832. The summed E-state index contributed by atoms with van der Waals surface area (Å²) in [7, 11) is 0. The van der Waals surface area contributed by atoms with Gasteiger partial charge in [-0.05, 0) is 33.8 Å². The molecule has 0 spiro atoms. The average molecular weight is 437 g/mol. The largest absolute Gasteiger partial charge is 0.443 e. The van der Waals surface area contributed by atoms with Gasteiger partial charge in [0.1, 0.15) is 30.4 Å². The van der Waals surface area contributed by atoms with Crippen molar-refractivity contribution in [2.45, 2.75) is 70.7 Å². The first-order valence-electron chi connectivity index (χ1n) is 10.3. The number of nitrogens with one attached hydrogen (secondary N) is 2. The summed E-state index contributed by atoms with van der Waals surface area (Å²) in [6, 6.07) is -0.345. The maximum Gasteiger partial charge on any atom is 0.419 e. The lowest BCUT2D eigenvalue weighted by Crippen LogP contribution is -2.56. The topological polar surface area (TPSA) is 138 Å². The third-order valence-electron chi connectivity index (χ3n) is 4.94. The molecule has 172 valence electrons. The SMILES string of the molecule is CC1=CC(NCCc2cn(C(=O)OC(C)(C)C)cn2)NC(=O)N1[C@H]1C[C@H](O)[C@@H](CO)O1. The summed E-state index contributed by atoms with van der Waals surface area (Å²) in [5.41, 5.74) is 0.818. The van der Waals surface area contributed by atoms with Crippen molar-refractivity contribution in [3.05, 3.63) is 30.0 Å². The Labute approximate surface area is 181 Å². The molecule has 4 N–H and O–H groups in total. The zero-order valence-electron chi connectivity index (χ0n) is 18.2. The number of amides is 2. The Morgan fingerprint density at radius 3 is 2.81 bits per heavy atom. The van der Waals surface area contributed by atoms with Gasteiger partial charge in [0.05, 0.1) is 18.4 Å². The van der Waals surface area contributed by atoms with E-state index in [4.69, 9.17) is 9.47 Å². The van der Waals surface area contributed by atoms with Crippen LogP contribution in [-0.2, 0) is 15.9 Å². The molecule has 3 heterocycles. The first-order chi connectivity index (χ1) is 14.6. The van der Waals surface area contributed by atoms with Crippen molar-refractivity contribution in [1.29, 1.82) is 0 Å². The Hall–Kier alpha value is -2.47. The van der Waals surface area contributed by atoms with Crippen molar-refractivity contribution in [3.8, 4) is 0 Å². The predicted octanol–water partition coefficient (Wildman–Crippen LogP) is 0.522. The number of ether oxygens (including phenoxy) is 2. The molecule has 2 aliphatic heterocycles. The summed E-state index contributed by atoms with van der Waals surface area (Å²) in [5, 5.41) is 25.2. The molecule has 1 fully saturated rings. The molecule has 1 unspecified atom stereocenters. The van der Waals surface area contributed by atoms with Crippen molar-refractivity contribution in [2.24, 2.45) is 0 Å². The highest BCUT2D eigenvalue weighted by Gasteiger charge is 2.40. The van der Waals surface area contributed by atoms with Gasteiger partial charge in [-0.3, -0.25) is 10.2 Å². The number of carbonyl (C=O) groups excluding carboxylic acids is 2. The second-order valence-corrected chi connectivity index (χ2v) is 8.68. The molecule has 1 aromatic rings. The highest BCUT2D eigenvalue weighted by molar-refractivity contribution is 5.78. The molecule has 2 amide bonds. The fourth-order valence-corrected chi connectivity index (χ4v) is 3.49. The highest BCUT2D eigenvalue weighted by Crippen LogP contribution is 2.27. The maximum absolute atomic E-state index is 12.6. The molecular weight excluding hydrogens is 406 g/mol. The van der Waals surface area contributed by atoms with Gasteiger partial charge in [-0.15, -0.1) is 0 Å². The molecule has 1 saturated heterocycles. The summed E-state index contributed by atoms with van der Waals surface area (Å²) >= 11 is 0. The van der Waals surface area contributed by atoms with Crippen LogP contribution in [0.4, 0.5) is 9.59 Å². The van der Waals surface area contributed by atoms with Gasteiger partial charge in [-0.1, -0.05) is 0 Å². The standard InChI is InChI=1S/C20H31N5O6/c1-12-7-16(23-18(28)25(12)17-8-14(27)15(10-26)30-17)21-6-5-13-9-24(11-22-13)19(29)31-20(2,3)4/h7,9,11,14-17,21,26-27H,5-6,8,10H2,1-4H3,(H,23,28)/t14-,15+,16?,17+/m0/s1.